The summed E-state index contributed by atoms with van der Waals surface area (Å²) in [6, 6.07) is 20.6. The first-order valence-electron chi connectivity index (χ1n) is 12.3. The molecule has 38 heavy (non-hydrogen) atoms. The summed E-state index contributed by atoms with van der Waals surface area (Å²) in [5.74, 6) is 2.11. The van der Waals surface area contributed by atoms with E-state index in [1.54, 1.807) is 43.1 Å². The Bertz CT molecular complexity index is 1390. The number of thioether (sulfide) groups is 2. The summed E-state index contributed by atoms with van der Waals surface area (Å²) in [7, 11) is 1.59. The highest BCUT2D eigenvalue weighted by Gasteiger charge is 2.23. The largest absolute Gasteiger partial charge is 0.497 e. The predicted molar refractivity (Wildman–Crippen MR) is 155 cm³/mol. The second-order valence-electron chi connectivity index (χ2n) is 8.52. The van der Waals surface area contributed by atoms with Crippen molar-refractivity contribution in [2.45, 2.75) is 31.1 Å². The van der Waals surface area contributed by atoms with E-state index in [2.05, 4.69) is 20.8 Å². The smallest absolute Gasteiger partial charge is 0.251 e. The number of carbonyl (C=O) groups excluding carboxylic acids is 2. The fraction of sp³-hybridized carbons (Fsp3) is 0.286. The van der Waals surface area contributed by atoms with Gasteiger partial charge in [0.15, 0.2) is 11.0 Å². The molecule has 198 valence electrons. The number of ether oxygens (including phenoxy) is 1. The molecule has 3 aromatic carbocycles. The lowest BCUT2D eigenvalue weighted by molar-refractivity contribution is -0.113. The third-order valence-electron chi connectivity index (χ3n) is 6.01. The molecule has 0 fully saturated rings. The van der Waals surface area contributed by atoms with Crippen LogP contribution in [0.2, 0.25) is 0 Å². The van der Waals surface area contributed by atoms with Gasteiger partial charge in [-0.1, -0.05) is 42.1 Å². The zero-order chi connectivity index (χ0) is 26.9. The van der Waals surface area contributed by atoms with Gasteiger partial charge in [0, 0.05) is 17.8 Å². The molecule has 8 nitrogen and oxygen atoms in total. The minimum atomic E-state index is -0.315. The van der Waals surface area contributed by atoms with Crippen molar-refractivity contribution in [1.82, 2.24) is 20.1 Å². The number of anilines is 1. The Labute approximate surface area is 230 Å². The highest BCUT2D eigenvalue weighted by Crippen LogP contribution is 2.25. The Kier molecular flexibility index (Phi) is 9.67. The third kappa shape index (κ3) is 6.87. The van der Waals surface area contributed by atoms with Crippen molar-refractivity contribution in [2.75, 3.05) is 30.2 Å². The number of hydrogen-bond acceptors (Lipinski definition) is 7. The molecule has 1 heterocycles. The SMILES string of the molecule is CCn1c(SCC(=O)Nc2ccc3ccccc3c2)nnc1C(CCSC)NC(=O)c1ccc(OC)cc1. The van der Waals surface area contributed by atoms with E-state index in [0.717, 1.165) is 22.2 Å². The number of benzene rings is 3. The molecule has 4 rings (SSSR count). The van der Waals surface area contributed by atoms with Gasteiger partial charge in [-0.25, -0.2) is 0 Å². The number of nitrogens with one attached hydrogen (secondary N) is 2. The molecule has 1 aromatic heterocycles. The van der Waals surface area contributed by atoms with Crippen LogP contribution in [0.5, 0.6) is 5.75 Å². The number of fused-ring (bicyclic) bond motifs is 1. The van der Waals surface area contributed by atoms with Gasteiger partial charge in [-0.3, -0.25) is 9.59 Å². The number of amides is 2. The molecule has 0 saturated carbocycles. The Morgan fingerprint density at radius 2 is 1.79 bits per heavy atom. The fourth-order valence-corrected chi connectivity index (χ4v) is 5.32. The van der Waals surface area contributed by atoms with Crippen LogP contribution >= 0.6 is 23.5 Å². The van der Waals surface area contributed by atoms with E-state index >= 15 is 0 Å². The van der Waals surface area contributed by atoms with E-state index in [1.165, 1.54) is 11.8 Å². The standard InChI is InChI=1S/C28H31N5O3S2/c1-4-33-26(24(15-16-37-3)30-27(35)20-10-13-23(36-2)14-11-20)31-32-28(33)38-18-25(34)29-22-12-9-19-7-5-6-8-21(19)17-22/h5-14,17,24H,4,15-16,18H2,1-3H3,(H,29,34)(H,30,35). The van der Waals surface area contributed by atoms with Crippen molar-refractivity contribution in [3.63, 3.8) is 0 Å². The van der Waals surface area contributed by atoms with Crippen LogP contribution in [-0.2, 0) is 11.3 Å². The van der Waals surface area contributed by atoms with E-state index in [1.807, 2.05) is 60.2 Å². The number of rotatable bonds is 12. The van der Waals surface area contributed by atoms with Gasteiger partial charge in [-0.05, 0) is 72.5 Å². The molecule has 4 aromatic rings. The summed E-state index contributed by atoms with van der Waals surface area (Å²) in [6.45, 7) is 2.62. The first-order chi connectivity index (χ1) is 18.5. The molecule has 2 N–H and O–H groups in total. The Morgan fingerprint density at radius 1 is 1.03 bits per heavy atom. The van der Waals surface area contributed by atoms with E-state index in [0.29, 0.717) is 35.3 Å². The maximum Gasteiger partial charge on any atom is 0.251 e. The molecule has 0 aliphatic carbocycles. The second-order valence-corrected chi connectivity index (χ2v) is 10.4. The summed E-state index contributed by atoms with van der Waals surface area (Å²) in [5, 5.41) is 17.7. The van der Waals surface area contributed by atoms with E-state index in [4.69, 9.17) is 4.74 Å². The number of carbonyl (C=O) groups is 2. The average molecular weight is 550 g/mol. The molecule has 2 amide bonds. The van der Waals surface area contributed by atoms with Gasteiger partial charge in [0.2, 0.25) is 5.91 Å². The summed E-state index contributed by atoms with van der Waals surface area (Å²) in [5.41, 5.74) is 1.30. The van der Waals surface area contributed by atoms with Crippen molar-refractivity contribution >= 4 is 51.8 Å². The molecule has 0 spiro atoms. The van der Waals surface area contributed by atoms with Gasteiger partial charge in [-0.15, -0.1) is 10.2 Å². The monoisotopic (exact) mass is 549 g/mol. The first kappa shape index (κ1) is 27.5. The topological polar surface area (TPSA) is 98.1 Å². The van der Waals surface area contributed by atoms with Crippen molar-refractivity contribution in [3.05, 3.63) is 78.1 Å². The number of aromatic nitrogens is 3. The maximum absolute atomic E-state index is 13.0. The molecule has 0 saturated heterocycles. The Morgan fingerprint density at radius 3 is 2.50 bits per heavy atom. The van der Waals surface area contributed by atoms with Gasteiger partial charge < -0.3 is 19.9 Å². The zero-order valence-corrected chi connectivity index (χ0v) is 23.3. The minimum absolute atomic E-state index is 0.121. The quantitative estimate of drug-likeness (QED) is 0.228. The molecule has 0 aliphatic heterocycles. The summed E-state index contributed by atoms with van der Waals surface area (Å²) < 4.78 is 7.15. The van der Waals surface area contributed by atoms with E-state index < -0.39 is 0 Å². The molecular weight excluding hydrogens is 518 g/mol. The van der Waals surface area contributed by atoms with Crippen molar-refractivity contribution in [3.8, 4) is 5.75 Å². The van der Waals surface area contributed by atoms with E-state index in [-0.39, 0.29) is 23.6 Å². The van der Waals surface area contributed by atoms with Crippen LogP contribution in [0.4, 0.5) is 5.69 Å². The van der Waals surface area contributed by atoms with Crippen LogP contribution in [0.15, 0.2) is 71.9 Å². The lowest BCUT2D eigenvalue weighted by atomic mass is 10.1. The van der Waals surface area contributed by atoms with Crippen LogP contribution in [0.3, 0.4) is 0 Å². The summed E-state index contributed by atoms with van der Waals surface area (Å²) in [4.78, 5) is 25.7. The number of hydrogen-bond donors (Lipinski definition) is 2. The predicted octanol–water partition coefficient (Wildman–Crippen LogP) is 5.41. The van der Waals surface area contributed by atoms with E-state index in [9.17, 15) is 9.59 Å². The van der Waals surface area contributed by atoms with Gasteiger partial charge in [-0.2, -0.15) is 11.8 Å². The second kappa shape index (κ2) is 13.3. The molecule has 0 radical (unpaired) electrons. The summed E-state index contributed by atoms with van der Waals surface area (Å²) >= 11 is 3.03. The lowest BCUT2D eigenvalue weighted by Gasteiger charge is -2.19. The molecule has 10 heteroatoms. The van der Waals surface area contributed by atoms with Gasteiger partial charge in [0.05, 0.1) is 18.9 Å². The highest BCUT2D eigenvalue weighted by molar-refractivity contribution is 7.99. The summed E-state index contributed by atoms with van der Waals surface area (Å²) in [6.07, 6.45) is 2.73. The molecule has 0 aliphatic rings. The van der Waals surface area contributed by atoms with Crippen LogP contribution in [-0.4, -0.2) is 51.5 Å². The average Bonchev–Trinajstić information content (AvgIpc) is 3.36. The van der Waals surface area contributed by atoms with Gasteiger partial charge in [0.1, 0.15) is 5.75 Å². The van der Waals surface area contributed by atoms with Crippen molar-refractivity contribution in [2.24, 2.45) is 0 Å². The minimum Gasteiger partial charge on any atom is -0.497 e. The highest BCUT2D eigenvalue weighted by atomic mass is 32.2. The van der Waals surface area contributed by atoms with Crippen LogP contribution in [0.25, 0.3) is 10.8 Å². The molecular formula is C28H31N5O3S2. The normalized spacial score (nSPS) is 11.8. The molecule has 0 bridgehead atoms. The van der Waals surface area contributed by atoms with Crippen LogP contribution in [0, 0.1) is 0 Å². The maximum atomic E-state index is 13.0. The molecule has 1 unspecified atom stereocenters. The molecule has 1 atom stereocenters. The lowest BCUT2D eigenvalue weighted by Crippen LogP contribution is -2.31. The van der Waals surface area contributed by atoms with Crippen molar-refractivity contribution < 1.29 is 14.3 Å². The van der Waals surface area contributed by atoms with Crippen LogP contribution < -0.4 is 15.4 Å². The van der Waals surface area contributed by atoms with Gasteiger partial charge in [0.25, 0.3) is 5.91 Å². The van der Waals surface area contributed by atoms with Crippen molar-refractivity contribution in [1.29, 1.82) is 0 Å². The number of nitrogens with zero attached hydrogens (tertiary/aromatic N) is 3. The third-order valence-corrected chi connectivity index (χ3v) is 7.62. The van der Waals surface area contributed by atoms with Crippen LogP contribution in [0.1, 0.15) is 35.6 Å². The fourth-order valence-electron chi connectivity index (χ4n) is 4.04. The Hall–Kier alpha value is -3.50. The zero-order valence-electron chi connectivity index (χ0n) is 21.6. The van der Waals surface area contributed by atoms with Gasteiger partial charge >= 0.3 is 0 Å². The number of methoxy groups -OCH3 is 1. The Balaban J connectivity index is 1.43. The first-order valence-corrected chi connectivity index (χ1v) is 14.7.